The third-order valence-corrected chi connectivity index (χ3v) is 3.98. The second-order valence-corrected chi connectivity index (χ2v) is 6.12. The third kappa shape index (κ3) is 3.05. The zero-order chi connectivity index (χ0) is 17.5. The van der Waals surface area contributed by atoms with Gasteiger partial charge in [-0.1, -0.05) is 5.21 Å². The summed E-state index contributed by atoms with van der Waals surface area (Å²) in [4.78, 5) is 8.96. The molecule has 0 amide bonds. The number of hydrogen-bond acceptors (Lipinski definition) is 6. The van der Waals surface area contributed by atoms with Crippen LogP contribution in [0.3, 0.4) is 0 Å². The van der Waals surface area contributed by atoms with E-state index >= 15 is 0 Å². The first-order chi connectivity index (χ1) is 11.2. The molecule has 0 aliphatic carbocycles. The van der Waals surface area contributed by atoms with Crippen LogP contribution in [0.15, 0.2) is 18.5 Å². The number of hydrogen-bond donors (Lipinski definition) is 1. The number of β-amino-alcohol motifs (C(OH)–C–C–N with tert-alkyl or cyclic N) is 1. The Morgan fingerprint density at radius 1 is 1.33 bits per heavy atom. The smallest absolute Gasteiger partial charge is 0.381 e. The highest BCUT2D eigenvalue weighted by Gasteiger charge is 2.42. The number of aromatic nitrogens is 5. The Balaban J connectivity index is 1.82. The van der Waals surface area contributed by atoms with Gasteiger partial charge in [0.1, 0.15) is 17.0 Å². The van der Waals surface area contributed by atoms with Crippen molar-refractivity contribution in [3.05, 3.63) is 29.8 Å². The van der Waals surface area contributed by atoms with Crippen molar-refractivity contribution in [2.24, 2.45) is 0 Å². The molecule has 0 aromatic carbocycles. The van der Waals surface area contributed by atoms with Gasteiger partial charge >= 0.3 is 6.18 Å². The maximum absolute atomic E-state index is 12.8. The lowest BCUT2D eigenvalue weighted by atomic mass is 10.00. The fourth-order valence-electron chi connectivity index (χ4n) is 2.57. The molecule has 1 aliphatic heterocycles. The van der Waals surface area contributed by atoms with Crippen LogP contribution in [0.4, 0.5) is 19.1 Å². The number of nitrogens with zero attached hydrogens (tertiary/aromatic N) is 6. The molecule has 3 heterocycles. The summed E-state index contributed by atoms with van der Waals surface area (Å²) in [5.74, 6) is -0.0583. The zero-order valence-electron chi connectivity index (χ0n) is 13.2. The van der Waals surface area contributed by atoms with Crippen LogP contribution < -0.4 is 4.90 Å². The molecule has 10 heteroatoms. The summed E-state index contributed by atoms with van der Waals surface area (Å²) < 4.78 is 39.9. The molecule has 3 rings (SSSR count). The van der Waals surface area contributed by atoms with Crippen molar-refractivity contribution in [2.75, 3.05) is 18.0 Å². The minimum absolute atomic E-state index is 0.0583. The Morgan fingerprint density at radius 2 is 2.08 bits per heavy atom. The Kier molecular flexibility index (Phi) is 3.94. The van der Waals surface area contributed by atoms with Gasteiger partial charge in [-0.25, -0.2) is 14.6 Å². The van der Waals surface area contributed by atoms with Crippen molar-refractivity contribution in [3.63, 3.8) is 0 Å². The Bertz CT molecular complexity index is 731. The zero-order valence-corrected chi connectivity index (χ0v) is 13.2. The van der Waals surface area contributed by atoms with Crippen LogP contribution in [-0.4, -0.2) is 43.2 Å². The third-order valence-electron chi connectivity index (χ3n) is 3.98. The van der Waals surface area contributed by atoms with Gasteiger partial charge in [-0.2, -0.15) is 13.2 Å². The largest absolute Gasteiger partial charge is 0.433 e. The minimum Gasteiger partial charge on any atom is -0.381 e. The van der Waals surface area contributed by atoms with Crippen LogP contribution in [0.1, 0.15) is 37.7 Å². The van der Waals surface area contributed by atoms with Crippen molar-refractivity contribution in [1.29, 1.82) is 0 Å². The summed E-state index contributed by atoms with van der Waals surface area (Å²) in [7, 11) is 0. The maximum Gasteiger partial charge on any atom is 0.433 e. The van der Waals surface area contributed by atoms with Crippen molar-refractivity contribution in [2.45, 2.75) is 38.1 Å². The van der Waals surface area contributed by atoms with Gasteiger partial charge < -0.3 is 10.0 Å². The molecule has 24 heavy (non-hydrogen) atoms. The lowest BCUT2D eigenvalue weighted by Gasteiger charge is -2.21. The van der Waals surface area contributed by atoms with E-state index in [9.17, 15) is 18.3 Å². The minimum atomic E-state index is -4.53. The normalized spacial score (nSPS) is 21.7. The molecular weight excluding hydrogens is 325 g/mol. The van der Waals surface area contributed by atoms with Gasteiger partial charge in [-0.3, -0.25) is 0 Å². The molecular formula is C14H17F3N6O. The lowest BCUT2D eigenvalue weighted by molar-refractivity contribution is -0.141. The Hall–Kier alpha value is -2.23. The first-order valence-corrected chi connectivity index (χ1v) is 7.49. The monoisotopic (exact) mass is 342 g/mol. The summed E-state index contributed by atoms with van der Waals surface area (Å²) in [6, 6.07) is 0.916. The molecule has 1 saturated heterocycles. The topological polar surface area (TPSA) is 80.0 Å². The molecule has 130 valence electrons. The van der Waals surface area contributed by atoms with Crippen molar-refractivity contribution >= 4 is 5.95 Å². The van der Waals surface area contributed by atoms with Crippen LogP contribution in [0.2, 0.25) is 0 Å². The number of alkyl halides is 3. The molecule has 1 fully saturated rings. The maximum atomic E-state index is 12.8. The molecule has 0 radical (unpaired) electrons. The van der Waals surface area contributed by atoms with Crippen LogP contribution in [0.25, 0.3) is 0 Å². The van der Waals surface area contributed by atoms with Crippen LogP contribution in [0.5, 0.6) is 0 Å². The fourth-order valence-corrected chi connectivity index (χ4v) is 2.57. The average Bonchev–Trinajstić information content (AvgIpc) is 3.14. The molecule has 1 N–H and O–H groups in total. The van der Waals surface area contributed by atoms with Crippen molar-refractivity contribution in [1.82, 2.24) is 25.0 Å². The highest BCUT2D eigenvalue weighted by atomic mass is 19.4. The second kappa shape index (κ2) is 5.69. The van der Waals surface area contributed by atoms with Crippen LogP contribution in [-0.2, 0) is 11.8 Å². The van der Waals surface area contributed by atoms with Gasteiger partial charge in [-0.15, -0.1) is 5.10 Å². The first kappa shape index (κ1) is 16.6. The van der Waals surface area contributed by atoms with Gasteiger partial charge in [0, 0.05) is 25.2 Å². The van der Waals surface area contributed by atoms with E-state index in [2.05, 4.69) is 20.3 Å². The first-order valence-electron chi connectivity index (χ1n) is 7.49. The highest BCUT2D eigenvalue weighted by Crippen LogP contribution is 2.34. The molecule has 0 spiro atoms. The van der Waals surface area contributed by atoms with Crippen LogP contribution >= 0.6 is 0 Å². The summed E-state index contributed by atoms with van der Waals surface area (Å²) in [6.45, 7) is 4.25. The van der Waals surface area contributed by atoms with E-state index in [1.807, 2.05) is 13.8 Å². The quantitative estimate of drug-likeness (QED) is 0.916. The summed E-state index contributed by atoms with van der Waals surface area (Å²) >= 11 is 0. The van der Waals surface area contributed by atoms with Gasteiger partial charge in [0.05, 0.1) is 12.7 Å². The van der Waals surface area contributed by atoms with E-state index < -0.39 is 17.5 Å². The molecule has 1 aliphatic rings. The van der Waals surface area contributed by atoms with Gasteiger partial charge in [-0.05, 0) is 19.9 Å². The van der Waals surface area contributed by atoms with E-state index in [4.69, 9.17) is 0 Å². The number of rotatable bonds is 3. The highest BCUT2D eigenvalue weighted by molar-refractivity contribution is 5.35. The van der Waals surface area contributed by atoms with Gasteiger partial charge in [0.15, 0.2) is 0 Å². The lowest BCUT2D eigenvalue weighted by Crippen LogP contribution is -2.32. The summed E-state index contributed by atoms with van der Waals surface area (Å²) in [5.41, 5.74) is -1.90. The number of aliphatic hydroxyl groups is 1. The Labute approximate surface area is 136 Å². The molecule has 0 unspecified atom stereocenters. The van der Waals surface area contributed by atoms with Crippen LogP contribution in [0, 0.1) is 0 Å². The van der Waals surface area contributed by atoms with E-state index in [1.54, 1.807) is 10.9 Å². The molecule has 7 nitrogen and oxygen atoms in total. The second-order valence-electron chi connectivity index (χ2n) is 6.12. The standard InChI is InChI=1S/C14H17F3N6O/c1-9(2)23-7-11(20-21-23)13(24)4-6-22(8-13)12-18-5-3-10(19-12)14(15,16)17/h3,5,7,9,24H,4,6,8H2,1-2H3/t13-/m0/s1. The van der Waals surface area contributed by atoms with Gasteiger partial charge in [0.25, 0.3) is 0 Å². The molecule has 0 saturated carbocycles. The number of halogens is 3. The SMILES string of the molecule is CC(C)n1cc([C@]2(O)CCN(c3nccc(C(F)(F)F)n3)C2)nn1. The predicted molar refractivity (Wildman–Crippen MR) is 78.2 cm³/mol. The van der Waals surface area contributed by atoms with Crippen molar-refractivity contribution < 1.29 is 18.3 Å². The molecule has 2 aromatic heterocycles. The van der Waals surface area contributed by atoms with E-state index in [-0.39, 0.29) is 18.5 Å². The summed E-state index contributed by atoms with van der Waals surface area (Å²) in [6.07, 6.45) is -1.50. The Morgan fingerprint density at radius 3 is 2.71 bits per heavy atom. The van der Waals surface area contributed by atoms with E-state index in [1.165, 1.54) is 4.90 Å². The fraction of sp³-hybridized carbons (Fsp3) is 0.571. The number of anilines is 1. The van der Waals surface area contributed by atoms with Gasteiger partial charge in [0.2, 0.25) is 5.95 Å². The molecule has 2 aromatic rings. The van der Waals surface area contributed by atoms with E-state index in [0.717, 1.165) is 12.3 Å². The predicted octanol–water partition coefficient (Wildman–Crippen LogP) is 1.77. The van der Waals surface area contributed by atoms with E-state index in [0.29, 0.717) is 18.7 Å². The summed E-state index contributed by atoms with van der Waals surface area (Å²) in [5, 5.41) is 18.7. The molecule has 1 atom stereocenters. The average molecular weight is 342 g/mol. The van der Waals surface area contributed by atoms with Crippen molar-refractivity contribution in [3.8, 4) is 0 Å². The molecule has 0 bridgehead atoms.